The smallest absolute Gasteiger partial charge is 0.319 e. The van der Waals surface area contributed by atoms with Gasteiger partial charge in [0.2, 0.25) is 0 Å². The lowest BCUT2D eigenvalue weighted by molar-refractivity contribution is -0.143. The molecule has 0 heterocycles. The lowest BCUT2D eigenvalue weighted by Crippen LogP contribution is -2.27. The van der Waals surface area contributed by atoms with Gasteiger partial charge in [-0.15, -0.1) is 11.8 Å². The van der Waals surface area contributed by atoms with Gasteiger partial charge in [0.05, 0.1) is 13.2 Å². The van der Waals surface area contributed by atoms with Gasteiger partial charge in [-0.1, -0.05) is 163 Å². The molecule has 58 heavy (non-hydrogen) atoms. The second-order valence-corrected chi connectivity index (χ2v) is 21.2. The van der Waals surface area contributed by atoms with E-state index in [4.69, 9.17) is 17.8 Å². The summed E-state index contributed by atoms with van der Waals surface area (Å²) >= 11 is 1.83. The fourth-order valence-electron chi connectivity index (χ4n) is 7.30. The first-order valence-corrected chi connectivity index (χ1v) is 28.5. The number of carbonyl (C=O) groups excluding carboxylic acids is 1. The van der Waals surface area contributed by atoms with Crippen LogP contribution in [-0.2, 0) is 22.6 Å². The zero-order valence-corrected chi connectivity index (χ0v) is 41.3. The Hall–Kier alpha value is -0.0300. The average Bonchev–Trinajstić information content (AvgIpc) is 3.21. The number of aliphatic hydroxyl groups is 1. The number of hydrogen-bond donors (Lipinski definition) is 1. The molecule has 9 heteroatoms. The van der Waals surface area contributed by atoms with Crippen LogP contribution in [-0.4, -0.2) is 91.8 Å². The fourth-order valence-corrected chi connectivity index (χ4v) is 9.74. The summed E-state index contributed by atoms with van der Waals surface area (Å²) in [5.41, 5.74) is 0. The van der Waals surface area contributed by atoms with Crippen molar-refractivity contribution in [2.24, 2.45) is 0 Å². The molecule has 7 nitrogen and oxygen atoms in total. The average molecular weight is 864 g/mol. The molecule has 1 N–H and O–H groups in total. The summed E-state index contributed by atoms with van der Waals surface area (Å²) in [6.45, 7) is 14.7. The molecule has 0 aromatic carbocycles. The third-order valence-electron chi connectivity index (χ3n) is 11.1. The first kappa shape index (κ1) is 58.0. The highest BCUT2D eigenvalue weighted by Gasteiger charge is 2.21. The largest absolute Gasteiger partial charge is 0.465 e. The second-order valence-electron chi connectivity index (χ2n) is 17.2. The fraction of sp³-hybridized carbons (Fsp3) is 0.980. The Kier molecular flexibility index (Phi) is 45.0. The first-order chi connectivity index (χ1) is 28.3. The molecule has 0 aliphatic carbocycles. The van der Waals surface area contributed by atoms with Gasteiger partial charge in [0.1, 0.15) is 5.25 Å². The Morgan fingerprint density at radius 1 is 0.534 bits per heavy atom. The molecule has 0 radical (unpaired) electrons. The Balaban J connectivity index is 4.51. The van der Waals surface area contributed by atoms with E-state index >= 15 is 0 Å². The summed E-state index contributed by atoms with van der Waals surface area (Å²) in [4.78, 5) is 15.6. The number of unbranched alkanes of at least 4 members (excludes halogenated alkanes) is 23. The maximum Gasteiger partial charge on any atom is 0.319 e. The van der Waals surface area contributed by atoms with Gasteiger partial charge >= 0.3 is 5.97 Å². The molecular formula is C49H101NO6S2. The van der Waals surface area contributed by atoms with Crippen LogP contribution in [0.5, 0.6) is 0 Å². The van der Waals surface area contributed by atoms with E-state index in [2.05, 4.69) is 45.1 Å². The topological polar surface area (TPSA) is 77.5 Å². The van der Waals surface area contributed by atoms with Crippen molar-refractivity contribution in [2.75, 3.05) is 64.3 Å². The van der Waals surface area contributed by atoms with Crippen molar-refractivity contribution >= 4 is 28.3 Å². The lowest BCUT2D eigenvalue weighted by atomic mass is 10.1. The highest BCUT2D eigenvalue weighted by atomic mass is 32.3. The minimum atomic E-state index is -1.60. The molecule has 0 aliphatic heterocycles. The van der Waals surface area contributed by atoms with E-state index in [-0.39, 0.29) is 24.1 Å². The SMILES string of the molecule is CCCCCCCCOS(C)(C)OC(CCCCCCC)OCCCCCCN(CCCCO)CCCCCCOC(=O)C(CCCCCCCC)SCCCCC. The van der Waals surface area contributed by atoms with E-state index in [1.54, 1.807) is 0 Å². The molecule has 350 valence electrons. The minimum Gasteiger partial charge on any atom is -0.465 e. The van der Waals surface area contributed by atoms with Crippen molar-refractivity contribution in [3.05, 3.63) is 0 Å². The molecule has 0 rings (SSSR count). The number of thioether (sulfide) groups is 1. The number of hydrogen-bond acceptors (Lipinski definition) is 8. The lowest BCUT2D eigenvalue weighted by Gasteiger charge is -2.38. The molecule has 0 aromatic heterocycles. The summed E-state index contributed by atoms with van der Waals surface area (Å²) in [5, 5.41) is 9.39. The molecule has 0 spiro atoms. The second kappa shape index (κ2) is 45.0. The van der Waals surface area contributed by atoms with Crippen LogP contribution in [0, 0.1) is 0 Å². The molecule has 0 saturated carbocycles. The van der Waals surface area contributed by atoms with Gasteiger partial charge in [-0.05, 0) is 89.6 Å². The zero-order valence-electron chi connectivity index (χ0n) is 39.7. The van der Waals surface area contributed by atoms with Gasteiger partial charge in [0, 0.05) is 32.1 Å². The Morgan fingerprint density at radius 2 is 0.983 bits per heavy atom. The molecule has 2 atom stereocenters. The standard InChI is InChI=1S/C49H101NO6S2/c1-7-11-15-18-21-27-37-47(57-46-36-14-10-4)49(52)54-44-34-26-23-30-40-50(41-31-32-42-51)39-29-22-25-33-43-53-48(38-28-20-17-13-9-3)56-58(5,6)55-45-35-24-19-16-12-8-2/h47-48,51H,7-46H2,1-6H3. The van der Waals surface area contributed by atoms with Crippen LogP contribution in [0.2, 0.25) is 0 Å². The van der Waals surface area contributed by atoms with Gasteiger partial charge in [0.25, 0.3) is 0 Å². The first-order valence-electron chi connectivity index (χ1n) is 25.1. The third-order valence-corrected chi connectivity index (χ3v) is 13.8. The number of ether oxygens (including phenoxy) is 2. The summed E-state index contributed by atoms with van der Waals surface area (Å²) in [6, 6.07) is 0. The molecular weight excluding hydrogens is 763 g/mol. The summed E-state index contributed by atoms with van der Waals surface area (Å²) in [5.74, 6) is 1.09. The quantitative estimate of drug-likeness (QED) is 0.0368. The van der Waals surface area contributed by atoms with E-state index in [0.29, 0.717) is 6.61 Å². The summed E-state index contributed by atoms with van der Waals surface area (Å²) in [6.07, 6.45) is 42.1. The number of esters is 1. The van der Waals surface area contributed by atoms with E-state index in [9.17, 15) is 9.90 Å². The van der Waals surface area contributed by atoms with Crippen molar-refractivity contribution in [1.82, 2.24) is 4.90 Å². The highest BCUT2D eigenvalue weighted by molar-refractivity contribution is 8.24. The van der Waals surface area contributed by atoms with Gasteiger partial charge < -0.3 is 19.5 Å². The van der Waals surface area contributed by atoms with Crippen LogP contribution >= 0.6 is 22.4 Å². The summed E-state index contributed by atoms with van der Waals surface area (Å²) in [7, 11) is -1.60. The van der Waals surface area contributed by atoms with Crippen LogP contribution in [0.15, 0.2) is 0 Å². The molecule has 0 saturated heterocycles. The third kappa shape index (κ3) is 40.1. The van der Waals surface area contributed by atoms with E-state index < -0.39 is 10.6 Å². The van der Waals surface area contributed by atoms with E-state index in [0.717, 1.165) is 103 Å². The van der Waals surface area contributed by atoms with Crippen molar-refractivity contribution < 1.29 is 27.7 Å². The van der Waals surface area contributed by atoms with Gasteiger partial charge in [0.15, 0.2) is 6.29 Å². The number of nitrogens with zero attached hydrogens (tertiary/aromatic N) is 1. The minimum absolute atomic E-state index is 0.0110. The van der Waals surface area contributed by atoms with E-state index in [1.807, 2.05) is 11.8 Å². The number of carbonyl (C=O) groups is 1. The predicted molar refractivity (Wildman–Crippen MR) is 257 cm³/mol. The van der Waals surface area contributed by atoms with Crippen molar-refractivity contribution in [3.8, 4) is 0 Å². The van der Waals surface area contributed by atoms with E-state index in [1.165, 1.54) is 141 Å². The van der Waals surface area contributed by atoms with Crippen LogP contribution in [0.1, 0.15) is 233 Å². The van der Waals surface area contributed by atoms with Gasteiger partial charge in [-0.3, -0.25) is 13.2 Å². The van der Waals surface area contributed by atoms with Crippen molar-refractivity contribution in [2.45, 2.75) is 245 Å². The highest BCUT2D eigenvalue weighted by Crippen LogP contribution is 2.45. The van der Waals surface area contributed by atoms with Gasteiger partial charge in [-0.2, -0.15) is 10.6 Å². The molecule has 0 aromatic rings. The molecule has 0 fully saturated rings. The van der Waals surface area contributed by atoms with Crippen LogP contribution in [0.25, 0.3) is 0 Å². The molecule has 0 bridgehead atoms. The maximum absolute atomic E-state index is 13.0. The predicted octanol–water partition coefficient (Wildman–Crippen LogP) is 14.8. The van der Waals surface area contributed by atoms with Gasteiger partial charge in [-0.25, -0.2) is 0 Å². The zero-order chi connectivity index (χ0) is 42.6. The molecule has 2 unspecified atom stereocenters. The van der Waals surface area contributed by atoms with Crippen molar-refractivity contribution in [1.29, 1.82) is 0 Å². The monoisotopic (exact) mass is 864 g/mol. The Labute approximate surface area is 368 Å². The maximum atomic E-state index is 13.0. The van der Waals surface area contributed by atoms with Crippen molar-refractivity contribution in [3.63, 3.8) is 0 Å². The van der Waals surface area contributed by atoms with Crippen LogP contribution < -0.4 is 0 Å². The van der Waals surface area contributed by atoms with Crippen LogP contribution in [0.3, 0.4) is 0 Å². The normalized spacial score (nSPS) is 13.4. The van der Waals surface area contributed by atoms with Crippen LogP contribution in [0.4, 0.5) is 0 Å². The number of rotatable bonds is 48. The molecule has 0 aliphatic rings. The number of aliphatic hydroxyl groups excluding tert-OH is 1. The molecule has 0 amide bonds. The Morgan fingerprint density at radius 3 is 1.55 bits per heavy atom. The Bertz CT molecular complexity index is 837. The summed E-state index contributed by atoms with van der Waals surface area (Å²) < 4.78 is 25.0.